The Morgan fingerprint density at radius 2 is 1.90 bits per heavy atom. The molecule has 2 rings (SSSR count). The molecular formula is C17H28N2O. The molecule has 0 radical (unpaired) electrons. The third-order valence-electron chi connectivity index (χ3n) is 4.37. The van der Waals surface area contributed by atoms with Crippen molar-refractivity contribution in [2.24, 2.45) is 0 Å². The van der Waals surface area contributed by atoms with E-state index in [1.54, 1.807) is 0 Å². The first-order valence-electron chi connectivity index (χ1n) is 7.86. The van der Waals surface area contributed by atoms with Gasteiger partial charge in [-0.05, 0) is 51.5 Å². The van der Waals surface area contributed by atoms with Gasteiger partial charge in [-0.25, -0.2) is 0 Å². The molecule has 3 heteroatoms. The van der Waals surface area contributed by atoms with Crippen molar-refractivity contribution in [3.63, 3.8) is 0 Å². The van der Waals surface area contributed by atoms with E-state index in [0.717, 1.165) is 12.1 Å². The summed E-state index contributed by atoms with van der Waals surface area (Å²) in [4.78, 5) is 4.89. The van der Waals surface area contributed by atoms with Gasteiger partial charge < -0.3 is 14.9 Å². The van der Waals surface area contributed by atoms with Crippen LogP contribution in [0.2, 0.25) is 0 Å². The highest BCUT2D eigenvalue weighted by molar-refractivity contribution is 5.17. The minimum atomic E-state index is -0.380. The lowest BCUT2D eigenvalue weighted by Gasteiger charge is -2.37. The Hall–Kier alpha value is -0.900. The number of hydrogen-bond donors (Lipinski definition) is 1. The highest BCUT2D eigenvalue weighted by Gasteiger charge is 2.23. The predicted octanol–water partition coefficient (Wildman–Crippen LogP) is 2.53. The maximum atomic E-state index is 10.3. The summed E-state index contributed by atoms with van der Waals surface area (Å²) in [5, 5.41) is 10.3. The molecule has 0 bridgehead atoms. The first kappa shape index (κ1) is 15.5. The molecule has 1 N–H and O–H groups in total. The monoisotopic (exact) mass is 276 g/mol. The molecule has 0 spiro atoms. The molecule has 0 saturated carbocycles. The van der Waals surface area contributed by atoms with Crippen LogP contribution in [-0.4, -0.2) is 54.2 Å². The van der Waals surface area contributed by atoms with Gasteiger partial charge in [0, 0.05) is 12.6 Å². The van der Waals surface area contributed by atoms with Crippen LogP contribution in [0.3, 0.4) is 0 Å². The van der Waals surface area contributed by atoms with Gasteiger partial charge in [0.2, 0.25) is 0 Å². The first-order chi connectivity index (χ1) is 9.70. The molecule has 1 aromatic carbocycles. The summed E-state index contributed by atoms with van der Waals surface area (Å²) < 4.78 is 0. The van der Waals surface area contributed by atoms with E-state index in [2.05, 4.69) is 23.8 Å². The number of hydrogen-bond acceptors (Lipinski definition) is 3. The number of likely N-dealkylation sites (N-methyl/N-ethyl adjacent to an activating group) is 1. The van der Waals surface area contributed by atoms with Crippen molar-refractivity contribution < 1.29 is 5.11 Å². The zero-order valence-corrected chi connectivity index (χ0v) is 12.8. The molecule has 1 heterocycles. The van der Waals surface area contributed by atoms with Crippen LogP contribution in [0.15, 0.2) is 30.3 Å². The largest absolute Gasteiger partial charge is 0.387 e. The Kier molecular flexibility index (Phi) is 6.02. The molecule has 20 heavy (non-hydrogen) atoms. The van der Waals surface area contributed by atoms with Crippen LogP contribution in [0.5, 0.6) is 0 Å². The molecule has 1 aromatic rings. The number of piperidine rings is 1. The van der Waals surface area contributed by atoms with E-state index in [4.69, 9.17) is 0 Å². The highest BCUT2D eigenvalue weighted by atomic mass is 16.3. The predicted molar refractivity (Wildman–Crippen MR) is 83.8 cm³/mol. The zero-order chi connectivity index (χ0) is 14.4. The van der Waals surface area contributed by atoms with Crippen molar-refractivity contribution in [1.82, 2.24) is 9.80 Å². The summed E-state index contributed by atoms with van der Waals surface area (Å²) >= 11 is 0. The third kappa shape index (κ3) is 4.30. The molecule has 1 saturated heterocycles. The van der Waals surface area contributed by atoms with E-state index in [1.165, 1.54) is 38.9 Å². The number of benzene rings is 1. The van der Waals surface area contributed by atoms with Crippen LogP contribution in [0.1, 0.15) is 37.9 Å². The van der Waals surface area contributed by atoms with Crippen molar-refractivity contribution in [2.45, 2.75) is 38.3 Å². The number of likely N-dealkylation sites (tertiary alicyclic amines) is 1. The fourth-order valence-electron chi connectivity index (χ4n) is 3.10. The Bertz CT molecular complexity index is 374. The summed E-state index contributed by atoms with van der Waals surface area (Å²) in [5.74, 6) is 0. The normalized spacial score (nSPS) is 19.4. The molecular weight excluding hydrogens is 248 g/mol. The molecule has 1 aliphatic rings. The van der Waals surface area contributed by atoms with E-state index in [1.807, 2.05) is 30.3 Å². The lowest BCUT2D eigenvalue weighted by atomic mass is 10.0. The number of aliphatic hydroxyl groups is 1. The van der Waals surface area contributed by atoms with Gasteiger partial charge in [-0.15, -0.1) is 0 Å². The minimum Gasteiger partial charge on any atom is -0.387 e. The van der Waals surface area contributed by atoms with Crippen LogP contribution in [-0.2, 0) is 0 Å². The molecule has 112 valence electrons. The zero-order valence-electron chi connectivity index (χ0n) is 12.8. The molecule has 0 aromatic heterocycles. The van der Waals surface area contributed by atoms with Gasteiger partial charge in [0.25, 0.3) is 0 Å². The minimum absolute atomic E-state index is 0.380. The van der Waals surface area contributed by atoms with Crippen molar-refractivity contribution in [2.75, 3.05) is 33.2 Å². The Morgan fingerprint density at radius 1 is 1.25 bits per heavy atom. The summed E-state index contributed by atoms with van der Waals surface area (Å²) in [6.45, 7) is 6.59. The maximum absolute atomic E-state index is 10.3. The average Bonchev–Trinajstić information content (AvgIpc) is 2.49. The summed E-state index contributed by atoms with van der Waals surface area (Å²) in [6, 6.07) is 10.6. The maximum Gasteiger partial charge on any atom is 0.0916 e. The second-order valence-corrected chi connectivity index (χ2v) is 5.94. The van der Waals surface area contributed by atoms with Crippen LogP contribution in [0.4, 0.5) is 0 Å². The third-order valence-corrected chi connectivity index (χ3v) is 4.37. The fourth-order valence-corrected chi connectivity index (χ4v) is 3.10. The van der Waals surface area contributed by atoms with Crippen molar-refractivity contribution in [3.8, 4) is 0 Å². The van der Waals surface area contributed by atoms with E-state index in [9.17, 15) is 5.11 Å². The standard InChI is InChI=1S/C17H28N2O/c1-3-11-19-12-9-16(10-13-19)18(2)14-17(20)15-7-5-4-6-8-15/h4-8,16-17,20H,3,9-14H2,1-2H3. The van der Waals surface area contributed by atoms with Crippen LogP contribution < -0.4 is 0 Å². The molecule has 0 aliphatic carbocycles. The van der Waals surface area contributed by atoms with E-state index in [-0.39, 0.29) is 6.10 Å². The van der Waals surface area contributed by atoms with Crippen LogP contribution in [0, 0.1) is 0 Å². The Morgan fingerprint density at radius 3 is 2.50 bits per heavy atom. The van der Waals surface area contributed by atoms with Crippen molar-refractivity contribution in [1.29, 1.82) is 0 Å². The number of rotatable bonds is 6. The molecule has 3 nitrogen and oxygen atoms in total. The van der Waals surface area contributed by atoms with Gasteiger partial charge >= 0.3 is 0 Å². The molecule has 1 aliphatic heterocycles. The number of aliphatic hydroxyl groups excluding tert-OH is 1. The Labute approximate surface area is 123 Å². The van der Waals surface area contributed by atoms with Gasteiger partial charge in [-0.2, -0.15) is 0 Å². The quantitative estimate of drug-likeness (QED) is 0.865. The van der Waals surface area contributed by atoms with Gasteiger partial charge in [0.1, 0.15) is 0 Å². The van der Waals surface area contributed by atoms with Crippen LogP contribution >= 0.6 is 0 Å². The molecule has 0 amide bonds. The van der Waals surface area contributed by atoms with E-state index < -0.39 is 0 Å². The molecule has 1 fully saturated rings. The summed E-state index contributed by atoms with van der Waals surface area (Å²) in [6.07, 6.45) is 3.30. The van der Waals surface area contributed by atoms with Crippen LogP contribution in [0.25, 0.3) is 0 Å². The van der Waals surface area contributed by atoms with E-state index >= 15 is 0 Å². The fraction of sp³-hybridized carbons (Fsp3) is 0.647. The molecule has 1 atom stereocenters. The smallest absolute Gasteiger partial charge is 0.0916 e. The topological polar surface area (TPSA) is 26.7 Å². The van der Waals surface area contributed by atoms with Gasteiger partial charge in [0.15, 0.2) is 0 Å². The lowest BCUT2D eigenvalue weighted by Crippen LogP contribution is -2.44. The number of nitrogens with zero attached hydrogens (tertiary/aromatic N) is 2. The summed E-state index contributed by atoms with van der Waals surface area (Å²) in [5.41, 5.74) is 1.02. The second-order valence-electron chi connectivity index (χ2n) is 5.94. The highest BCUT2D eigenvalue weighted by Crippen LogP contribution is 2.19. The summed E-state index contributed by atoms with van der Waals surface area (Å²) in [7, 11) is 2.15. The van der Waals surface area contributed by atoms with Crippen molar-refractivity contribution in [3.05, 3.63) is 35.9 Å². The second kappa shape index (κ2) is 7.77. The Balaban J connectivity index is 1.79. The van der Waals surface area contributed by atoms with Gasteiger partial charge in [-0.1, -0.05) is 37.3 Å². The SMILES string of the molecule is CCCN1CCC(N(C)CC(O)c2ccccc2)CC1. The molecule has 1 unspecified atom stereocenters. The first-order valence-corrected chi connectivity index (χ1v) is 7.86. The lowest BCUT2D eigenvalue weighted by molar-refractivity contribution is 0.0736. The van der Waals surface area contributed by atoms with E-state index in [0.29, 0.717) is 6.04 Å². The van der Waals surface area contributed by atoms with Gasteiger partial charge in [-0.3, -0.25) is 0 Å². The van der Waals surface area contributed by atoms with Crippen molar-refractivity contribution >= 4 is 0 Å². The van der Waals surface area contributed by atoms with Gasteiger partial charge in [0.05, 0.1) is 6.10 Å². The average molecular weight is 276 g/mol.